The number of rotatable bonds is 42. The van der Waals surface area contributed by atoms with E-state index >= 15 is 0 Å². The van der Waals surface area contributed by atoms with E-state index in [0.717, 1.165) is 70.6 Å². The lowest BCUT2D eigenvalue weighted by atomic mass is 10.0. The second-order valence-electron chi connectivity index (χ2n) is 14.9. The highest BCUT2D eigenvalue weighted by molar-refractivity contribution is 7.47. The van der Waals surface area contributed by atoms with Crippen LogP contribution in [0.2, 0.25) is 0 Å². The van der Waals surface area contributed by atoms with Crippen LogP contribution in [0.25, 0.3) is 0 Å². The van der Waals surface area contributed by atoms with Crippen LogP contribution < -0.4 is 5.73 Å². The molecule has 0 heterocycles. The molecule has 2 atom stereocenters. The lowest BCUT2D eigenvalue weighted by molar-refractivity contribution is -0.161. The van der Waals surface area contributed by atoms with Crippen molar-refractivity contribution in [1.82, 2.24) is 0 Å². The van der Waals surface area contributed by atoms with Crippen LogP contribution in [-0.4, -0.2) is 49.3 Å². The van der Waals surface area contributed by atoms with E-state index in [2.05, 4.69) is 62.5 Å². The van der Waals surface area contributed by atoms with Crippen molar-refractivity contribution >= 4 is 19.8 Å². The Morgan fingerprint density at radius 1 is 0.554 bits per heavy atom. The molecule has 0 saturated carbocycles. The summed E-state index contributed by atoms with van der Waals surface area (Å²) < 4.78 is 32.8. The van der Waals surface area contributed by atoms with Gasteiger partial charge >= 0.3 is 19.8 Å². The molecule has 9 nitrogen and oxygen atoms in total. The zero-order valence-corrected chi connectivity index (χ0v) is 36.8. The lowest BCUT2D eigenvalue weighted by Crippen LogP contribution is -2.29. The van der Waals surface area contributed by atoms with E-state index in [1.807, 2.05) is 0 Å². The van der Waals surface area contributed by atoms with Gasteiger partial charge in [0.2, 0.25) is 0 Å². The molecule has 0 amide bonds. The van der Waals surface area contributed by atoms with Gasteiger partial charge in [0.25, 0.3) is 0 Å². The first-order valence-electron chi connectivity index (χ1n) is 22.6. The normalized spacial score (nSPS) is 13.7. The number of phosphoric acid groups is 1. The molecule has 2 unspecified atom stereocenters. The fourth-order valence-electron chi connectivity index (χ4n) is 6.16. The molecule has 0 aliphatic rings. The van der Waals surface area contributed by atoms with Crippen LogP contribution in [0.5, 0.6) is 0 Å². The molecule has 326 valence electrons. The van der Waals surface area contributed by atoms with Crippen molar-refractivity contribution < 1.29 is 37.6 Å². The maximum absolute atomic E-state index is 12.6. The maximum atomic E-state index is 12.6. The Hall–Kier alpha value is -2.03. The van der Waals surface area contributed by atoms with Crippen LogP contribution in [-0.2, 0) is 32.7 Å². The number of carbonyl (C=O) groups is 2. The first-order valence-corrected chi connectivity index (χ1v) is 24.1. The molecule has 56 heavy (non-hydrogen) atoms. The second kappa shape index (κ2) is 42.6. The van der Waals surface area contributed by atoms with E-state index in [1.165, 1.54) is 96.3 Å². The van der Waals surface area contributed by atoms with Gasteiger partial charge in [-0.25, -0.2) is 4.57 Å². The van der Waals surface area contributed by atoms with Crippen LogP contribution in [0, 0.1) is 0 Å². The number of esters is 2. The number of nitrogens with two attached hydrogens (primary N) is 1. The van der Waals surface area contributed by atoms with Crippen LogP contribution in [0.3, 0.4) is 0 Å². The largest absolute Gasteiger partial charge is 0.472 e. The molecule has 0 aromatic carbocycles. The molecule has 0 aromatic heterocycles. The molecule has 0 radical (unpaired) electrons. The van der Waals surface area contributed by atoms with Gasteiger partial charge in [-0.3, -0.25) is 18.6 Å². The summed E-state index contributed by atoms with van der Waals surface area (Å²) in [5.41, 5.74) is 5.35. The fraction of sp³-hybridized carbons (Fsp3) is 0.783. The van der Waals surface area contributed by atoms with Crippen LogP contribution in [0.1, 0.15) is 200 Å². The van der Waals surface area contributed by atoms with Crippen molar-refractivity contribution in [3.8, 4) is 0 Å². The molecule has 0 saturated heterocycles. The molecule has 0 fully saturated rings. The van der Waals surface area contributed by atoms with Crippen molar-refractivity contribution in [2.75, 3.05) is 26.4 Å². The number of phosphoric ester groups is 1. The molecule has 3 N–H and O–H groups in total. The topological polar surface area (TPSA) is 134 Å². The third-order valence-electron chi connectivity index (χ3n) is 9.48. The zero-order chi connectivity index (χ0) is 41.1. The van der Waals surface area contributed by atoms with Gasteiger partial charge < -0.3 is 20.1 Å². The van der Waals surface area contributed by atoms with Gasteiger partial charge in [-0.15, -0.1) is 0 Å². The van der Waals surface area contributed by atoms with Gasteiger partial charge in [-0.2, -0.15) is 0 Å². The van der Waals surface area contributed by atoms with Gasteiger partial charge in [0.05, 0.1) is 13.2 Å². The first-order chi connectivity index (χ1) is 27.3. The predicted molar refractivity (Wildman–Crippen MR) is 233 cm³/mol. The summed E-state index contributed by atoms with van der Waals surface area (Å²) in [5, 5.41) is 0. The Kier molecular flexibility index (Phi) is 41.0. The first kappa shape index (κ1) is 54.0. The smallest absolute Gasteiger partial charge is 0.462 e. The molecule has 0 aliphatic carbocycles. The third-order valence-corrected chi connectivity index (χ3v) is 10.5. The Bertz CT molecular complexity index is 1060. The zero-order valence-electron chi connectivity index (χ0n) is 35.9. The summed E-state index contributed by atoms with van der Waals surface area (Å²) in [6.07, 6.45) is 48.5. The summed E-state index contributed by atoms with van der Waals surface area (Å²) in [5.74, 6) is -0.834. The monoisotopic (exact) mass is 810 g/mol. The quantitative estimate of drug-likeness (QED) is 0.0267. The Morgan fingerprint density at radius 2 is 0.982 bits per heavy atom. The molecular formula is C46H84NO8P. The fourth-order valence-corrected chi connectivity index (χ4v) is 6.92. The molecular weight excluding hydrogens is 725 g/mol. The van der Waals surface area contributed by atoms with Crippen LogP contribution >= 0.6 is 7.82 Å². The molecule has 10 heteroatoms. The van der Waals surface area contributed by atoms with Crippen molar-refractivity contribution in [1.29, 1.82) is 0 Å². The minimum atomic E-state index is -4.38. The number of hydrogen-bond donors (Lipinski definition) is 2. The van der Waals surface area contributed by atoms with Gasteiger partial charge in [-0.05, 0) is 51.4 Å². The molecule has 0 rings (SSSR count). The molecule has 0 aromatic rings. The van der Waals surface area contributed by atoms with Gasteiger partial charge in [0, 0.05) is 19.4 Å². The van der Waals surface area contributed by atoms with Crippen molar-refractivity contribution in [2.45, 2.75) is 206 Å². The van der Waals surface area contributed by atoms with Crippen molar-refractivity contribution in [3.63, 3.8) is 0 Å². The number of unbranched alkanes of at least 4 members (excludes halogenated alkanes) is 21. The summed E-state index contributed by atoms with van der Waals surface area (Å²) in [6, 6.07) is 0. The van der Waals surface area contributed by atoms with Crippen molar-refractivity contribution in [3.05, 3.63) is 48.6 Å². The predicted octanol–water partition coefficient (Wildman–Crippen LogP) is 13.1. The van der Waals surface area contributed by atoms with Gasteiger partial charge in [-0.1, -0.05) is 184 Å². The van der Waals surface area contributed by atoms with Crippen LogP contribution in [0.4, 0.5) is 0 Å². The van der Waals surface area contributed by atoms with Crippen molar-refractivity contribution in [2.24, 2.45) is 5.73 Å². The molecule has 0 bridgehead atoms. The van der Waals surface area contributed by atoms with E-state index in [9.17, 15) is 19.0 Å². The Morgan fingerprint density at radius 3 is 1.46 bits per heavy atom. The van der Waals surface area contributed by atoms with Gasteiger partial charge in [0.15, 0.2) is 6.10 Å². The third kappa shape index (κ3) is 41.6. The molecule has 0 aliphatic heterocycles. The minimum Gasteiger partial charge on any atom is -0.462 e. The number of ether oxygens (including phenoxy) is 2. The average molecular weight is 810 g/mol. The highest BCUT2D eigenvalue weighted by Gasteiger charge is 2.26. The van der Waals surface area contributed by atoms with E-state index in [0.29, 0.717) is 6.42 Å². The number of hydrogen-bond acceptors (Lipinski definition) is 8. The standard InChI is InChI=1S/C46H84NO8P/c1-3-5-7-9-11-13-15-17-19-20-21-22-23-24-25-27-29-31-33-35-37-39-46(49)55-44(43-54-56(50,51)53-41-40-47)42-52-45(48)38-36-34-32-30-28-26-18-16-14-12-10-8-6-4-2/h5,7,11,13,17,19,21-22,44H,3-4,6,8-10,12,14-16,18,20,23-43,47H2,1-2H3,(H,50,51)/b7-5-,13-11-,19-17-,22-21-. The summed E-state index contributed by atoms with van der Waals surface area (Å²) in [6.45, 7) is 3.62. The van der Waals surface area contributed by atoms with E-state index in [4.69, 9.17) is 24.3 Å². The lowest BCUT2D eigenvalue weighted by Gasteiger charge is -2.19. The highest BCUT2D eigenvalue weighted by Crippen LogP contribution is 2.43. The van der Waals surface area contributed by atoms with Crippen LogP contribution in [0.15, 0.2) is 48.6 Å². The average Bonchev–Trinajstić information content (AvgIpc) is 3.18. The SMILES string of the molecule is CC/C=C\C/C=C\C/C=C\C/C=C\CCCCCCCCCCC(=O)OC(COC(=O)CCCCCCCCCCCCCCCC)COP(=O)(O)OCCN. The van der Waals surface area contributed by atoms with E-state index < -0.39 is 26.5 Å². The Balaban J connectivity index is 4.12. The van der Waals surface area contributed by atoms with E-state index in [-0.39, 0.29) is 38.6 Å². The number of carbonyl (C=O) groups excluding carboxylic acids is 2. The minimum absolute atomic E-state index is 0.0515. The Labute approximate surface area is 343 Å². The van der Waals surface area contributed by atoms with E-state index in [1.54, 1.807) is 0 Å². The highest BCUT2D eigenvalue weighted by atomic mass is 31.2. The summed E-state index contributed by atoms with van der Waals surface area (Å²) in [7, 11) is -4.38. The van der Waals surface area contributed by atoms with Gasteiger partial charge in [0.1, 0.15) is 6.61 Å². The summed E-state index contributed by atoms with van der Waals surface area (Å²) >= 11 is 0. The molecule has 0 spiro atoms. The summed E-state index contributed by atoms with van der Waals surface area (Å²) in [4.78, 5) is 34.9. The number of allylic oxidation sites excluding steroid dienone is 8. The maximum Gasteiger partial charge on any atom is 0.472 e. The second-order valence-corrected chi connectivity index (χ2v) is 16.3.